The summed E-state index contributed by atoms with van der Waals surface area (Å²) in [5, 5.41) is 26.2. The van der Waals surface area contributed by atoms with Gasteiger partial charge in [0.2, 0.25) is 0 Å². The molecule has 531 valence electrons. The van der Waals surface area contributed by atoms with E-state index in [0.717, 1.165) is 19.3 Å². The van der Waals surface area contributed by atoms with Crippen LogP contribution in [0.2, 0.25) is 0 Å². The molecule has 0 aliphatic carbocycles. The van der Waals surface area contributed by atoms with Crippen LogP contribution in [0.15, 0.2) is 0 Å². The van der Waals surface area contributed by atoms with Crippen LogP contribution in [0, 0.1) is 0 Å². The first kappa shape index (κ1) is 94.8. The molecule has 0 spiro atoms. The fourth-order valence-electron chi connectivity index (χ4n) is 13.3. The fraction of sp³-hybridized carbons (Fsp3) is 1.00. The van der Waals surface area contributed by atoms with E-state index in [9.17, 15) is 0 Å². The topological polar surface area (TPSA) is 60.7 Å². The van der Waals surface area contributed by atoms with Crippen LogP contribution in [0.4, 0.5) is 0 Å². The molecule has 0 bridgehead atoms. The minimum Gasteiger partial charge on any atom is -0.396 e. The number of hydrogen-bond donors (Lipinski definition) is 3. The zero-order valence-corrected chi connectivity index (χ0v) is 63.3. The van der Waals surface area contributed by atoms with E-state index in [0.29, 0.717) is 19.8 Å². The Morgan fingerprint density at radius 1 is 0.102 bits per heavy atom. The SMILES string of the molecule is CCCCCCCCCCCCCCCCCCCCCCCCCCCCO.CCCCCCCCCCCCCCCCCCCCCCCCCCCCO.CCCCCCCCCCCCCCCCCCCCCCCCCCCCO.[Al]. The largest absolute Gasteiger partial charge is 0.396 e. The molecule has 3 nitrogen and oxygen atoms in total. The van der Waals surface area contributed by atoms with Crippen molar-refractivity contribution >= 4 is 17.4 Å². The van der Waals surface area contributed by atoms with E-state index in [4.69, 9.17) is 15.3 Å². The highest BCUT2D eigenvalue weighted by Crippen LogP contribution is 2.21. The standard InChI is InChI=1S/3C28H58O.Al/c3*1-2-3-4-5-6-7-8-9-10-11-12-13-14-15-16-17-18-19-20-21-22-23-24-25-26-27-28-29;/h3*29H,2-28H2,1H3;. The molecule has 0 heterocycles. The van der Waals surface area contributed by atoms with Crippen molar-refractivity contribution in [2.75, 3.05) is 19.8 Å². The van der Waals surface area contributed by atoms with Crippen molar-refractivity contribution in [3.63, 3.8) is 0 Å². The second kappa shape index (κ2) is 98.5. The molecule has 0 aliphatic heterocycles. The van der Waals surface area contributed by atoms with Crippen LogP contribution in [0.5, 0.6) is 0 Å². The van der Waals surface area contributed by atoms with E-state index < -0.39 is 0 Å². The average molecular weight is 1260 g/mol. The fourth-order valence-corrected chi connectivity index (χ4v) is 13.3. The van der Waals surface area contributed by atoms with Gasteiger partial charge in [-0.1, -0.05) is 502 Å². The molecule has 88 heavy (non-hydrogen) atoms. The van der Waals surface area contributed by atoms with Crippen LogP contribution < -0.4 is 0 Å². The van der Waals surface area contributed by atoms with Gasteiger partial charge in [0.05, 0.1) is 0 Å². The molecule has 0 aromatic rings. The van der Waals surface area contributed by atoms with E-state index in [2.05, 4.69) is 20.8 Å². The van der Waals surface area contributed by atoms with Gasteiger partial charge in [0.1, 0.15) is 0 Å². The van der Waals surface area contributed by atoms with Crippen molar-refractivity contribution < 1.29 is 15.3 Å². The van der Waals surface area contributed by atoms with Crippen molar-refractivity contribution in [3.8, 4) is 0 Å². The van der Waals surface area contributed by atoms with E-state index >= 15 is 0 Å². The summed E-state index contributed by atoms with van der Waals surface area (Å²) in [6.07, 6.45) is 111. The summed E-state index contributed by atoms with van der Waals surface area (Å²) in [6, 6.07) is 0. The highest BCUT2D eigenvalue weighted by atomic mass is 27.0. The molecule has 0 atom stereocenters. The Bertz CT molecular complexity index is 847. The molecule has 0 saturated carbocycles. The second-order valence-corrected chi connectivity index (χ2v) is 28.7. The molecule has 3 N–H and O–H groups in total. The van der Waals surface area contributed by atoms with Gasteiger partial charge in [-0.15, -0.1) is 0 Å². The number of rotatable bonds is 78. The van der Waals surface area contributed by atoms with E-state index in [1.165, 1.54) is 482 Å². The quantitative estimate of drug-likeness (QED) is 0.0420. The highest BCUT2D eigenvalue weighted by Gasteiger charge is 2.01. The van der Waals surface area contributed by atoms with Crippen molar-refractivity contribution in [2.45, 2.75) is 522 Å². The lowest BCUT2D eigenvalue weighted by Gasteiger charge is -2.04. The Hall–Kier alpha value is 0.412. The maximum absolute atomic E-state index is 8.75. The van der Waals surface area contributed by atoms with Crippen LogP contribution >= 0.6 is 0 Å². The molecule has 0 aromatic carbocycles. The summed E-state index contributed by atoms with van der Waals surface area (Å²) in [4.78, 5) is 0. The summed E-state index contributed by atoms with van der Waals surface area (Å²) < 4.78 is 0. The predicted molar refractivity (Wildman–Crippen MR) is 404 cm³/mol. The summed E-state index contributed by atoms with van der Waals surface area (Å²) >= 11 is 0. The summed E-state index contributed by atoms with van der Waals surface area (Å²) in [7, 11) is 0. The van der Waals surface area contributed by atoms with Gasteiger partial charge in [0, 0.05) is 37.2 Å². The normalized spacial score (nSPS) is 11.2. The molecule has 0 amide bonds. The van der Waals surface area contributed by atoms with Crippen LogP contribution in [0.1, 0.15) is 522 Å². The number of hydrogen-bond acceptors (Lipinski definition) is 3. The van der Waals surface area contributed by atoms with E-state index in [-0.39, 0.29) is 17.4 Å². The lowest BCUT2D eigenvalue weighted by atomic mass is 10.0. The third-order valence-corrected chi connectivity index (χ3v) is 19.5. The molecule has 4 heteroatoms. The second-order valence-electron chi connectivity index (χ2n) is 28.7. The molecule has 0 saturated heterocycles. The van der Waals surface area contributed by atoms with Crippen LogP contribution in [-0.4, -0.2) is 52.5 Å². The molecule has 0 aromatic heterocycles. The van der Waals surface area contributed by atoms with Gasteiger partial charge >= 0.3 is 0 Å². The Kier molecular flexibility index (Phi) is 106. The number of unbranched alkanes of at least 4 members (excludes halogenated alkanes) is 75. The van der Waals surface area contributed by atoms with Gasteiger partial charge in [-0.25, -0.2) is 0 Å². The summed E-state index contributed by atoms with van der Waals surface area (Å²) in [5.74, 6) is 0. The average Bonchev–Trinajstić information content (AvgIpc) is 3.53. The predicted octanol–water partition coefficient (Wildman–Crippen LogP) is 30.0. The zero-order valence-electron chi connectivity index (χ0n) is 62.2. The minimum atomic E-state index is 0. The molecule has 0 aliphatic rings. The molecule has 0 unspecified atom stereocenters. The smallest absolute Gasteiger partial charge is 0.0431 e. The number of aliphatic hydroxyl groups is 3. The lowest BCUT2D eigenvalue weighted by molar-refractivity contribution is 0.282. The highest BCUT2D eigenvalue weighted by molar-refractivity contribution is 5.75. The molecular formula is C84H174AlO3. The van der Waals surface area contributed by atoms with Crippen molar-refractivity contribution in [1.29, 1.82) is 0 Å². The minimum absolute atomic E-state index is 0. The first-order valence-corrected chi connectivity index (χ1v) is 42.1. The van der Waals surface area contributed by atoms with Crippen molar-refractivity contribution in [3.05, 3.63) is 0 Å². The maximum atomic E-state index is 8.75. The van der Waals surface area contributed by atoms with Crippen molar-refractivity contribution in [1.82, 2.24) is 0 Å². The third-order valence-electron chi connectivity index (χ3n) is 19.5. The Morgan fingerprint density at radius 3 is 0.216 bits per heavy atom. The van der Waals surface area contributed by atoms with Crippen LogP contribution in [-0.2, 0) is 0 Å². The molecular weight excluding hydrogens is 1080 g/mol. The first-order valence-electron chi connectivity index (χ1n) is 42.1. The van der Waals surface area contributed by atoms with Gasteiger partial charge in [-0.3, -0.25) is 0 Å². The van der Waals surface area contributed by atoms with Gasteiger partial charge in [-0.05, 0) is 19.3 Å². The van der Waals surface area contributed by atoms with E-state index in [1.54, 1.807) is 0 Å². The summed E-state index contributed by atoms with van der Waals surface area (Å²) in [5.41, 5.74) is 0. The Balaban J connectivity index is -0.000000598. The van der Waals surface area contributed by atoms with Crippen LogP contribution in [0.3, 0.4) is 0 Å². The van der Waals surface area contributed by atoms with Crippen molar-refractivity contribution in [2.24, 2.45) is 0 Å². The van der Waals surface area contributed by atoms with Gasteiger partial charge in [0.15, 0.2) is 0 Å². The zero-order chi connectivity index (χ0) is 63.3. The third kappa shape index (κ3) is 103. The summed E-state index contributed by atoms with van der Waals surface area (Å²) in [6.45, 7) is 8.02. The van der Waals surface area contributed by atoms with Crippen LogP contribution in [0.25, 0.3) is 0 Å². The van der Waals surface area contributed by atoms with Gasteiger partial charge in [-0.2, -0.15) is 0 Å². The molecule has 0 rings (SSSR count). The number of aliphatic hydroxyl groups excluding tert-OH is 3. The monoisotopic (exact) mass is 1260 g/mol. The van der Waals surface area contributed by atoms with Gasteiger partial charge in [0.25, 0.3) is 0 Å². The van der Waals surface area contributed by atoms with E-state index in [1.807, 2.05) is 0 Å². The Morgan fingerprint density at radius 2 is 0.159 bits per heavy atom. The molecule has 3 radical (unpaired) electrons. The first-order chi connectivity index (χ1) is 43.2. The Labute approximate surface area is 570 Å². The molecule has 0 fully saturated rings. The lowest BCUT2D eigenvalue weighted by Crippen LogP contribution is -1.85. The maximum Gasteiger partial charge on any atom is 0.0431 e. The van der Waals surface area contributed by atoms with Gasteiger partial charge < -0.3 is 15.3 Å².